The first-order valence-electron chi connectivity index (χ1n) is 7.01. The third kappa shape index (κ3) is 4.24. The largest absolute Gasteiger partial charge is 0.493 e. The molecule has 2 aromatic carbocycles. The fourth-order valence-corrected chi connectivity index (χ4v) is 2.31. The molecule has 0 bridgehead atoms. The van der Waals surface area contributed by atoms with Gasteiger partial charge in [-0.1, -0.05) is 28.9 Å². The average molecular weight is 364 g/mol. The molecule has 0 saturated carbocycles. The first kappa shape index (κ1) is 16.4. The number of nitrogens with one attached hydrogen (secondary N) is 1. The van der Waals surface area contributed by atoms with E-state index in [9.17, 15) is 4.79 Å². The van der Waals surface area contributed by atoms with Crippen LogP contribution in [0.3, 0.4) is 0 Å². The summed E-state index contributed by atoms with van der Waals surface area (Å²) in [5, 5.41) is 2.85. The number of carbonyl (C=O) groups excluding carboxylic acids is 1. The molecule has 22 heavy (non-hydrogen) atoms. The van der Waals surface area contributed by atoms with Gasteiger partial charge in [-0.25, -0.2) is 0 Å². The molecule has 1 amide bonds. The number of halogens is 1. The minimum absolute atomic E-state index is 0.196. The van der Waals surface area contributed by atoms with Gasteiger partial charge in [0.15, 0.2) is 11.5 Å². The molecule has 0 aromatic heterocycles. The Hall–Kier alpha value is -2.01. The van der Waals surface area contributed by atoms with Gasteiger partial charge in [0.25, 0.3) is 5.91 Å². The lowest BCUT2D eigenvalue weighted by atomic mass is 10.2. The van der Waals surface area contributed by atoms with Gasteiger partial charge in [-0.05, 0) is 42.8 Å². The van der Waals surface area contributed by atoms with Crippen molar-refractivity contribution in [1.82, 2.24) is 0 Å². The summed E-state index contributed by atoms with van der Waals surface area (Å²) in [6.07, 6.45) is 0.911. The summed E-state index contributed by atoms with van der Waals surface area (Å²) in [6.45, 7) is 2.65. The van der Waals surface area contributed by atoms with Crippen molar-refractivity contribution in [2.45, 2.75) is 13.3 Å². The normalized spacial score (nSPS) is 10.1. The molecule has 4 nitrogen and oxygen atoms in total. The number of anilines is 1. The molecule has 1 N–H and O–H groups in total. The van der Waals surface area contributed by atoms with E-state index >= 15 is 0 Å². The summed E-state index contributed by atoms with van der Waals surface area (Å²) in [5.41, 5.74) is 1.24. The van der Waals surface area contributed by atoms with E-state index in [2.05, 4.69) is 21.2 Å². The highest BCUT2D eigenvalue weighted by Crippen LogP contribution is 2.28. The Labute approximate surface area is 138 Å². The van der Waals surface area contributed by atoms with Gasteiger partial charge in [0, 0.05) is 15.7 Å². The lowest BCUT2D eigenvalue weighted by Gasteiger charge is -2.12. The predicted octanol–water partition coefficient (Wildman–Crippen LogP) is 4.50. The highest BCUT2D eigenvalue weighted by atomic mass is 79.9. The van der Waals surface area contributed by atoms with Gasteiger partial charge in [-0.2, -0.15) is 0 Å². The van der Waals surface area contributed by atoms with E-state index in [1.54, 1.807) is 25.3 Å². The topological polar surface area (TPSA) is 47.6 Å². The second kappa shape index (κ2) is 7.84. The Balaban J connectivity index is 2.15. The smallest absolute Gasteiger partial charge is 0.255 e. The standard InChI is InChI=1S/C17H18BrNO3/c1-3-9-22-15-8-7-12(10-16(15)21-2)17(20)19-14-6-4-5-13(18)11-14/h4-8,10-11H,3,9H2,1-2H3,(H,19,20). The van der Waals surface area contributed by atoms with E-state index in [0.717, 1.165) is 16.6 Å². The van der Waals surface area contributed by atoms with Crippen molar-refractivity contribution >= 4 is 27.5 Å². The molecule has 5 heteroatoms. The van der Waals surface area contributed by atoms with Crippen LogP contribution in [-0.2, 0) is 0 Å². The maximum Gasteiger partial charge on any atom is 0.255 e. The van der Waals surface area contributed by atoms with Crippen molar-refractivity contribution in [1.29, 1.82) is 0 Å². The number of hydrogen-bond donors (Lipinski definition) is 1. The Morgan fingerprint density at radius 1 is 1.18 bits per heavy atom. The predicted molar refractivity (Wildman–Crippen MR) is 90.9 cm³/mol. The fraction of sp³-hybridized carbons (Fsp3) is 0.235. The van der Waals surface area contributed by atoms with E-state index in [-0.39, 0.29) is 5.91 Å². The van der Waals surface area contributed by atoms with E-state index in [0.29, 0.717) is 23.7 Å². The molecular weight excluding hydrogens is 346 g/mol. The van der Waals surface area contributed by atoms with Crippen LogP contribution in [0.1, 0.15) is 23.7 Å². The van der Waals surface area contributed by atoms with Gasteiger partial charge in [0.05, 0.1) is 13.7 Å². The van der Waals surface area contributed by atoms with E-state index < -0.39 is 0 Å². The van der Waals surface area contributed by atoms with Crippen molar-refractivity contribution < 1.29 is 14.3 Å². The quantitative estimate of drug-likeness (QED) is 0.821. The Bertz CT molecular complexity index is 658. The molecule has 0 aliphatic carbocycles. The second-order valence-corrected chi connectivity index (χ2v) is 5.59. The number of carbonyl (C=O) groups is 1. The Morgan fingerprint density at radius 3 is 2.68 bits per heavy atom. The number of rotatable bonds is 6. The minimum atomic E-state index is -0.196. The van der Waals surface area contributed by atoms with Crippen LogP contribution in [0.2, 0.25) is 0 Å². The number of benzene rings is 2. The molecule has 0 heterocycles. The van der Waals surface area contributed by atoms with Crippen molar-refractivity contribution in [2.24, 2.45) is 0 Å². The van der Waals surface area contributed by atoms with Crippen LogP contribution in [0.25, 0.3) is 0 Å². The van der Waals surface area contributed by atoms with Crippen molar-refractivity contribution in [3.05, 3.63) is 52.5 Å². The fourth-order valence-electron chi connectivity index (χ4n) is 1.91. The monoisotopic (exact) mass is 363 g/mol. The molecule has 0 aliphatic heterocycles. The van der Waals surface area contributed by atoms with Crippen molar-refractivity contribution in [3.63, 3.8) is 0 Å². The molecular formula is C17H18BrNO3. The van der Waals surface area contributed by atoms with Crippen LogP contribution in [-0.4, -0.2) is 19.6 Å². The Kier molecular flexibility index (Phi) is 5.83. The first-order valence-corrected chi connectivity index (χ1v) is 7.81. The lowest BCUT2D eigenvalue weighted by Crippen LogP contribution is -2.12. The highest BCUT2D eigenvalue weighted by Gasteiger charge is 2.11. The van der Waals surface area contributed by atoms with E-state index in [4.69, 9.17) is 9.47 Å². The molecule has 2 rings (SSSR count). The summed E-state index contributed by atoms with van der Waals surface area (Å²) in [4.78, 5) is 12.3. The lowest BCUT2D eigenvalue weighted by molar-refractivity contribution is 0.102. The maximum absolute atomic E-state index is 12.3. The van der Waals surface area contributed by atoms with Gasteiger partial charge in [0.1, 0.15) is 0 Å². The van der Waals surface area contributed by atoms with Crippen LogP contribution in [0.4, 0.5) is 5.69 Å². The number of amides is 1. The van der Waals surface area contributed by atoms with Crippen molar-refractivity contribution in [2.75, 3.05) is 19.0 Å². The molecule has 0 radical (unpaired) electrons. The molecule has 0 spiro atoms. The third-order valence-electron chi connectivity index (χ3n) is 2.97. The van der Waals surface area contributed by atoms with Crippen LogP contribution >= 0.6 is 15.9 Å². The molecule has 0 unspecified atom stereocenters. The molecule has 0 aliphatic rings. The molecule has 2 aromatic rings. The van der Waals surface area contributed by atoms with Crippen LogP contribution in [0, 0.1) is 0 Å². The highest BCUT2D eigenvalue weighted by molar-refractivity contribution is 9.10. The van der Waals surface area contributed by atoms with Gasteiger partial charge in [-0.15, -0.1) is 0 Å². The van der Waals surface area contributed by atoms with Gasteiger partial charge in [0.2, 0.25) is 0 Å². The first-order chi connectivity index (χ1) is 10.6. The number of ether oxygens (including phenoxy) is 2. The van der Waals surface area contributed by atoms with Crippen LogP contribution < -0.4 is 14.8 Å². The molecule has 0 fully saturated rings. The summed E-state index contributed by atoms with van der Waals surface area (Å²) in [5.74, 6) is 0.997. The summed E-state index contributed by atoms with van der Waals surface area (Å²) in [6, 6.07) is 12.6. The second-order valence-electron chi connectivity index (χ2n) is 4.68. The minimum Gasteiger partial charge on any atom is -0.493 e. The molecule has 0 saturated heterocycles. The summed E-state index contributed by atoms with van der Waals surface area (Å²) in [7, 11) is 1.56. The van der Waals surface area contributed by atoms with Gasteiger partial charge in [-0.3, -0.25) is 4.79 Å². The number of hydrogen-bond acceptors (Lipinski definition) is 3. The van der Waals surface area contributed by atoms with E-state index in [1.807, 2.05) is 31.2 Å². The average Bonchev–Trinajstić information content (AvgIpc) is 2.52. The molecule has 116 valence electrons. The number of methoxy groups -OCH3 is 1. The zero-order chi connectivity index (χ0) is 15.9. The Morgan fingerprint density at radius 2 is 2.00 bits per heavy atom. The summed E-state index contributed by atoms with van der Waals surface area (Å²) < 4.78 is 11.8. The SMILES string of the molecule is CCCOc1ccc(C(=O)Nc2cccc(Br)c2)cc1OC. The zero-order valence-electron chi connectivity index (χ0n) is 12.6. The van der Waals surface area contributed by atoms with E-state index in [1.165, 1.54) is 0 Å². The molecule has 0 atom stereocenters. The summed E-state index contributed by atoms with van der Waals surface area (Å²) >= 11 is 3.38. The van der Waals surface area contributed by atoms with Crippen LogP contribution in [0.15, 0.2) is 46.9 Å². The van der Waals surface area contributed by atoms with Gasteiger partial charge < -0.3 is 14.8 Å². The maximum atomic E-state index is 12.3. The van der Waals surface area contributed by atoms with Crippen molar-refractivity contribution in [3.8, 4) is 11.5 Å². The van der Waals surface area contributed by atoms with Gasteiger partial charge >= 0.3 is 0 Å². The third-order valence-corrected chi connectivity index (χ3v) is 3.46. The zero-order valence-corrected chi connectivity index (χ0v) is 14.1. The van der Waals surface area contributed by atoms with Crippen LogP contribution in [0.5, 0.6) is 11.5 Å².